The van der Waals surface area contributed by atoms with Gasteiger partial charge in [-0.15, -0.1) is 0 Å². The van der Waals surface area contributed by atoms with E-state index in [2.05, 4.69) is 29.4 Å². The molecule has 6 nitrogen and oxygen atoms in total. The lowest BCUT2D eigenvalue weighted by atomic mass is 10.1. The number of rotatable bonds is 12. The maximum Gasteiger partial charge on any atom is 0.335 e. The van der Waals surface area contributed by atoms with Gasteiger partial charge in [-0.25, -0.2) is 4.79 Å². The molecule has 188 valence electrons. The van der Waals surface area contributed by atoms with E-state index in [-0.39, 0.29) is 5.56 Å². The lowest BCUT2D eigenvalue weighted by Gasteiger charge is -2.28. The molecule has 0 atom stereocenters. The Hall–Kier alpha value is -2.73. The Morgan fingerprint density at radius 3 is 2.12 bits per heavy atom. The van der Waals surface area contributed by atoms with Crippen LogP contribution in [0.15, 0.2) is 42.5 Å². The number of carboxylic acids is 1. The third-order valence-electron chi connectivity index (χ3n) is 5.76. The number of aromatic carboxylic acids is 1. The molecule has 0 saturated carbocycles. The lowest BCUT2D eigenvalue weighted by molar-refractivity contribution is 0.0697. The number of carbonyl (C=O) groups is 1. The monoisotopic (exact) mass is 469 g/mol. The molecule has 3 rings (SSSR count). The molecule has 0 radical (unpaired) electrons. The molecule has 1 fully saturated rings. The van der Waals surface area contributed by atoms with E-state index in [1.54, 1.807) is 12.1 Å². The molecular formula is C28H43N3O3. The summed E-state index contributed by atoms with van der Waals surface area (Å²) in [6, 6.07) is 13.0. The standard InChI is InChI=1S/C23H32N2O3.C5H11N/c1-4-7-14-25(15-8-5-2)21-17-18(23(26)27)16-20(24-6-3)22(21)28-19-12-10-9-11-13-19;1-2-4-6-5-3-1/h9-13,16-17,24H,4-8,14-15H2,1-3H3,(H,26,27);6H,1-5H2. The molecule has 0 aromatic heterocycles. The molecule has 6 heteroatoms. The van der Waals surface area contributed by atoms with Crippen LogP contribution in [-0.2, 0) is 0 Å². The van der Waals surface area contributed by atoms with Crippen molar-refractivity contribution in [1.29, 1.82) is 0 Å². The Bertz CT molecular complexity index is 819. The summed E-state index contributed by atoms with van der Waals surface area (Å²) in [6.07, 6.45) is 8.46. The number of nitrogens with one attached hydrogen (secondary N) is 2. The second-order valence-corrected chi connectivity index (χ2v) is 8.63. The van der Waals surface area contributed by atoms with E-state index >= 15 is 0 Å². The normalized spacial score (nSPS) is 12.9. The van der Waals surface area contributed by atoms with Crippen molar-refractivity contribution < 1.29 is 14.6 Å². The third kappa shape index (κ3) is 9.26. The van der Waals surface area contributed by atoms with Gasteiger partial charge in [0.05, 0.1) is 16.9 Å². The van der Waals surface area contributed by atoms with Crippen LogP contribution in [-0.4, -0.2) is 43.8 Å². The van der Waals surface area contributed by atoms with Crippen molar-refractivity contribution in [3.63, 3.8) is 0 Å². The first-order valence-electron chi connectivity index (χ1n) is 12.9. The van der Waals surface area contributed by atoms with Crippen molar-refractivity contribution in [2.45, 2.75) is 65.7 Å². The van der Waals surface area contributed by atoms with E-state index in [1.165, 1.54) is 32.4 Å². The first-order valence-corrected chi connectivity index (χ1v) is 12.9. The number of hydrogen-bond acceptors (Lipinski definition) is 5. The Morgan fingerprint density at radius 1 is 1.00 bits per heavy atom. The molecule has 1 heterocycles. The maximum atomic E-state index is 11.7. The van der Waals surface area contributed by atoms with Crippen molar-refractivity contribution in [2.24, 2.45) is 0 Å². The summed E-state index contributed by atoms with van der Waals surface area (Å²) in [5.41, 5.74) is 1.81. The predicted octanol–water partition coefficient (Wildman–Crippen LogP) is 6.78. The van der Waals surface area contributed by atoms with Gasteiger partial charge in [0.15, 0.2) is 5.75 Å². The van der Waals surface area contributed by atoms with Crippen LogP contribution in [0.4, 0.5) is 11.4 Å². The molecule has 0 spiro atoms. The molecular weight excluding hydrogens is 426 g/mol. The summed E-state index contributed by atoms with van der Waals surface area (Å²) >= 11 is 0. The highest BCUT2D eigenvalue weighted by Gasteiger charge is 2.20. The highest BCUT2D eigenvalue weighted by Crippen LogP contribution is 2.41. The second-order valence-electron chi connectivity index (χ2n) is 8.63. The number of anilines is 2. The molecule has 1 saturated heterocycles. The SMILES string of the molecule is C1CCNCC1.CCCCN(CCCC)c1cc(C(=O)O)cc(NCC)c1Oc1ccccc1. The fraction of sp³-hybridized carbons (Fsp3) is 0.536. The van der Waals surface area contributed by atoms with Crippen LogP contribution in [0.1, 0.15) is 76.1 Å². The molecule has 0 amide bonds. The Kier molecular flexibility index (Phi) is 12.9. The molecule has 0 unspecified atom stereocenters. The Labute approximate surface area is 205 Å². The van der Waals surface area contributed by atoms with Crippen LogP contribution >= 0.6 is 0 Å². The fourth-order valence-electron chi connectivity index (χ4n) is 3.86. The topological polar surface area (TPSA) is 73.8 Å². The highest BCUT2D eigenvalue weighted by molar-refractivity contribution is 5.92. The molecule has 2 aromatic rings. The van der Waals surface area contributed by atoms with Gasteiger partial charge >= 0.3 is 5.97 Å². The molecule has 1 aliphatic rings. The zero-order valence-electron chi connectivity index (χ0n) is 21.2. The highest BCUT2D eigenvalue weighted by atomic mass is 16.5. The third-order valence-corrected chi connectivity index (χ3v) is 5.76. The Morgan fingerprint density at radius 2 is 1.65 bits per heavy atom. The largest absolute Gasteiger partial charge is 0.478 e. The van der Waals surface area contributed by atoms with Gasteiger partial charge in [0.2, 0.25) is 0 Å². The molecule has 0 bridgehead atoms. The molecule has 3 N–H and O–H groups in total. The van der Waals surface area contributed by atoms with Crippen LogP contribution < -0.4 is 20.3 Å². The molecule has 34 heavy (non-hydrogen) atoms. The number of benzene rings is 2. The molecule has 0 aliphatic carbocycles. The van der Waals surface area contributed by atoms with E-state index in [9.17, 15) is 9.90 Å². The number of carboxylic acid groups (broad SMARTS) is 1. The summed E-state index contributed by atoms with van der Waals surface area (Å²) in [7, 11) is 0. The average Bonchev–Trinajstić information content (AvgIpc) is 2.87. The minimum Gasteiger partial charge on any atom is -0.478 e. The van der Waals surface area contributed by atoms with Crippen molar-refractivity contribution >= 4 is 17.3 Å². The van der Waals surface area contributed by atoms with Gasteiger partial charge in [0, 0.05) is 19.6 Å². The van der Waals surface area contributed by atoms with Crippen molar-refractivity contribution in [1.82, 2.24) is 5.32 Å². The number of unbranched alkanes of at least 4 members (excludes halogenated alkanes) is 2. The number of ether oxygens (including phenoxy) is 1. The zero-order valence-corrected chi connectivity index (χ0v) is 21.2. The first kappa shape index (κ1) is 27.5. The van der Waals surface area contributed by atoms with Crippen LogP contribution in [0, 0.1) is 0 Å². The van der Waals surface area contributed by atoms with Crippen molar-refractivity contribution in [3.05, 3.63) is 48.0 Å². The lowest BCUT2D eigenvalue weighted by Crippen LogP contribution is -2.26. The first-order chi connectivity index (χ1) is 16.6. The summed E-state index contributed by atoms with van der Waals surface area (Å²) in [5.74, 6) is 0.486. The maximum absolute atomic E-state index is 11.7. The summed E-state index contributed by atoms with van der Waals surface area (Å²) < 4.78 is 6.27. The van der Waals surface area contributed by atoms with Gasteiger partial charge in [-0.1, -0.05) is 51.3 Å². The number of piperidine rings is 1. The minimum absolute atomic E-state index is 0.268. The van der Waals surface area contributed by atoms with Gasteiger partial charge in [0.1, 0.15) is 5.75 Å². The van der Waals surface area contributed by atoms with Crippen molar-refractivity contribution in [3.8, 4) is 11.5 Å². The summed E-state index contributed by atoms with van der Waals surface area (Å²) in [5, 5.41) is 16.2. The van der Waals surface area contributed by atoms with E-state index < -0.39 is 5.97 Å². The van der Waals surface area contributed by atoms with Crippen LogP contribution in [0.25, 0.3) is 0 Å². The summed E-state index contributed by atoms with van der Waals surface area (Å²) in [4.78, 5) is 14.0. The van der Waals surface area contributed by atoms with E-state index in [0.717, 1.165) is 50.2 Å². The van der Waals surface area contributed by atoms with Gasteiger partial charge in [0.25, 0.3) is 0 Å². The number of nitrogens with zero attached hydrogens (tertiary/aromatic N) is 1. The summed E-state index contributed by atoms with van der Waals surface area (Å²) in [6.45, 7) is 11.2. The smallest absolute Gasteiger partial charge is 0.335 e. The van der Waals surface area contributed by atoms with Crippen LogP contribution in [0.5, 0.6) is 11.5 Å². The predicted molar refractivity (Wildman–Crippen MR) is 143 cm³/mol. The zero-order chi connectivity index (χ0) is 24.6. The van der Waals surface area contributed by atoms with Gasteiger partial charge < -0.3 is 25.4 Å². The fourth-order valence-corrected chi connectivity index (χ4v) is 3.86. The van der Waals surface area contributed by atoms with E-state index in [4.69, 9.17) is 4.74 Å². The minimum atomic E-state index is -0.933. The molecule has 1 aliphatic heterocycles. The van der Waals surface area contributed by atoms with Crippen LogP contribution in [0.3, 0.4) is 0 Å². The van der Waals surface area contributed by atoms with Gasteiger partial charge in [-0.3, -0.25) is 0 Å². The van der Waals surface area contributed by atoms with Crippen molar-refractivity contribution in [2.75, 3.05) is 42.9 Å². The van der Waals surface area contributed by atoms with Crippen LogP contribution in [0.2, 0.25) is 0 Å². The molecule has 2 aromatic carbocycles. The van der Waals surface area contributed by atoms with Gasteiger partial charge in [-0.2, -0.15) is 0 Å². The van der Waals surface area contributed by atoms with E-state index in [1.807, 2.05) is 37.3 Å². The van der Waals surface area contributed by atoms with Gasteiger partial charge in [-0.05, 0) is 70.0 Å². The Balaban J connectivity index is 0.000000589. The number of para-hydroxylation sites is 1. The quantitative estimate of drug-likeness (QED) is 0.318. The number of hydrogen-bond donors (Lipinski definition) is 3. The average molecular weight is 470 g/mol. The second kappa shape index (κ2) is 16.0. The van der Waals surface area contributed by atoms with E-state index in [0.29, 0.717) is 18.0 Å².